The second kappa shape index (κ2) is 9.67. The lowest BCUT2D eigenvalue weighted by Crippen LogP contribution is -2.27. The zero-order valence-corrected chi connectivity index (χ0v) is 18.3. The third-order valence-electron chi connectivity index (χ3n) is 4.87. The van der Waals surface area contributed by atoms with Gasteiger partial charge in [-0.15, -0.1) is 11.8 Å². The molecule has 29 heavy (non-hydrogen) atoms. The van der Waals surface area contributed by atoms with Crippen LogP contribution in [-0.2, 0) is 14.8 Å². The molecule has 0 bridgehead atoms. The lowest BCUT2D eigenvalue weighted by molar-refractivity contribution is -0.115. The first-order chi connectivity index (χ1) is 13.9. The summed E-state index contributed by atoms with van der Waals surface area (Å²) in [5.41, 5.74) is 0.578. The summed E-state index contributed by atoms with van der Waals surface area (Å²) < 4.78 is 32.1. The Labute approximate surface area is 176 Å². The summed E-state index contributed by atoms with van der Waals surface area (Å²) in [5, 5.41) is 7.00. The molecular formula is C20H27N3O4S2. The summed E-state index contributed by atoms with van der Waals surface area (Å²) in [4.78, 5) is 12.7. The number of rotatable bonds is 8. The second-order valence-corrected chi connectivity index (χ2v) is 10.4. The average molecular weight is 438 g/mol. The molecule has 1 aliphatic carbocycles. The fourth-order valence-electron chi connectivity index (χ4n) is 3.33. The Morgan fingerprint density at radius 1 is 1.24 bits per heavy atom. The predicted octanol–water partition coefficient (Wildman–Crippen LogP) is 4.57. The summed E-state index contributed by atoms with van der Waals surface area (Å²) in [6.45, 7) is 3.70. The van der Waals surface area contributed by atoms with E-state index >= 15 is 0 Å². The highest BCUT2D eigenvalue weighted by atomic mass is 32.2. The molecule has 2 N–H and O–H groups in total. The molecule has 3 rings (SSSR count). The standard InChI is InChI=1S/C20H27N3O4S2/c1-3-18(28-16-7-5-4-6-8-16)20(24)21-15-9-11-17(12-10-15)29(25,26)23-19-13-14(2)27-22-19/h9-13,16,18H,3-8H2,1-2H3,(H,21,24)(H,22,23). The maximum absolute atomic E-state index is 12.7. The quantitative estimate of drug-likeness (QED) is 0.627. The molecule has 1 aromatic heterocycles. The van der Waals surface area contributed by atoms with E-state index in [1.165, 1.54) is 50.3 Å². The van der Waals surface area contributed by atoms with Crippen LogP contribution < -0.4 is 10.0 Å². The molecule has 0 spiro atoms. The minimum Gasteiger partial charge on any atom is -0.360 e. The molecule has 0 radical (unpaired) electrons. The van der Waals surface area contributed by atoms with Crippen LogP contribution in [-0.4, -0.2) is 30.0 Å². The highest BCUT2D eigenvalue weighted by molar-refractivity contribution is 8.01. The number of thioether (sulfide) groups is 1. The van der Waals surface area contributed by atoms with Gasteiger partial charge in [0.25, 0.3) is 10.0 Å². The molecule has 0 aliphatic heterocycles. The minimum atomic E-state index is -3.77. The Bertz CT molecular complexity index is 919. The van der Waals surface area contributed by atoms with Crippen molar-refractivity contribution in [1.82, 2.24) is 5.16 Å². The van der Waals surface area contributed by atoms with Gasteiger partial charge >= 0.3 is 0 Å². The van der Waals surface area contributed by atoms with E-state index in [1.807, 2.05) is 6.92 Å². The van der Waals surface area contributed by atoms with E-state index in [0.717, 1.165) is 6.42 Å². The fraction of sp³-hybridized carbons (Fsp3) is 0.500. The van der Waals surface area contributed by atoms with Crippen molar-refractivity contribution >= 4 is 39.2 Å². The number of nitrogens with one attached hydrogen (secondary N) is 2. The number of sulfonamides is 1. The molecule has 0 saturated heterocycles. The van der Waals surface area contributed by atoms with E-state index in [-0.39, 0.29) is 21.9 Å². The molecule has 9 heteroatoms. The third-order valence-corrected chi connectivity index (χ3v) is 7.97. The van der Waals surface area contributed by atoms with Crippen LogP contribution in [0.2, 0.25) is 0 Å². The maximum atomic E-state index is 12.7. The van der Waals surface area contributed by atoms with Crippen LogP contribution in [0, 0.1) is 6.92 Å². The largest absolute Gasteiger partial charge is 0.360 e. The van der Waals surface area contributed by atoms with Gasteiger partial charge in [-0.3, -0.25) is 9.52 Å². The first-order valence-corrected chi connectivity index (χ1v) is 12.3. The molecule has 7 nitrogen and oxygen atoms in total. The van der Waals surface area contributed by atoms with Gasteiger partial charge in [0.05, 0.1) is 10.1 Å². The number of carbonyl (C=O) groups excluding carboxylic acids is 1. The molecule has 158 valence electrons. The van der Waals surface area contributed by atoms with Crippen LogP contribution in [0.5, 0.6) is 0 Å². The van der Waals surface area contributed by atoms with Crippen molar-refractivity contribution < 1.29 is 17.7 Å². The second-order valence-electron chi connectivity index (χ2n) is 7.23. The van der Waals surface area contributed by atoms with E-state index in [0.29, 0.717) is 16.7 Å². The van der Waals surface area contributed by atoms with Crippen LogP contribution in [0.4, 0.5) is 11.5 Å². The van der Waals surface area contributed by atoms with E-state index in [1.54, 1.807) is 30.8 Å². The van der Waals surface area contributed by atoms with Crippen molar-refractivity contribution in [2.75, 3.05) is 10.0 Å². The third kappa shape index (κ3) is 5.99. The van der Waals surface area contributed by atoms with Crippen LogP contribution in [0.25, 0.3) is 0 Å². The van der Waals surface area contributed by atoms with E-state index in [2.05, 4.69) is 15.2 Å². The Kier molecular flexibility index (Phi) is 7.23. The predicted molar refractivity (Wildman–Crippen MR) is 116 cm³/mol. The van der Waals surface area contributed by atoms with Gasteiger partial charge in [-0.2, -0.15) is 0 Å². The number of hydrogen-bond acceptors (Lipinski definition) is 6. The van der Waals surface area contributed by atoms with Crippen molar-refractivity contribution in [2.45, 2.75) is 67.8 Å². The van der Waals surface area contributed by atoms with Gasteiger partial charge in [0.15, 0.2) is 5.82 Å². The topological polar surface area (TPSA) is 101 Å². The van der Waals surface area contributed by atoms with Crippen molar-refractivity contribution in [2.24, 2.45) is 0 Å². The summed E-state index contributed by atoms with van der Waals surface area (Å²) in [5.74, 6) is 0.609. The van der Waals surface area contributed by atoms with Gasteiger partial charge in [-0.05, 0) is 50.5 Å². The molecule has 1 heterocycles. The number of carbonyl (C=O) groups is 1. The highest BCUT2D eigenvalue weighted by Crippen LogP contribution is 2.32. The lowest BCUT2D eigenvalue weighted by Gasteiger charge is -2.25. The zero-order chi connectivity index (χ0) is 20.9. The van der Waals surface area contributed by atoms with Crippen molar-refractivity contribution in [1.29, 1.82) is 0 Å². The van der Waals surface area contributed by atoms with E-state index < -0.39 is 10.0 Å². The molecule has 1 atom stereocenters. The maximum Gasteiger partial charge on any atom is 0.263 e. The minimum absolute atomic E-state index is 0.0325. The van der Waals surface area contributed by atoms with Crippen molar-refractivity contribution in [3.8, 4) is 0 Å². The average Bonchev–Trinajstić information content (AvgIpc) is 3.11. The monoisotopic (exact) mass is 437 g/mol. The summed E-state index contributed by atoms with van der Waals surface area (Å²) in [6.07, 6.45) is 6.90. The van der Waals surface area contributed by atoms with E-state index in [4.69, 9.17) is 4.52 Å². The van der Waals surface area contributed by atoms with Gasteiger partial charge in [-0.1, -0.05) is 31.3 Å². The molecule has 1 aromatic carbocycles. The zero-order valence-electron chi connectivity index (χ0n) is 16.7. The number of aromatic nitrogens is 1. The number of aryl methyl sites for hydroxylation is 1. The van der Waals surface area contributed by atoms with Crippen LogP contribution in [0.15, 0.2) is 39.8 Å². The van der Waals surface area contributed by atoms with Crippen molar-refractivity contribution in [3.63, 3.8) is 0 Å². The normalized spacial score (nSPS) is 16.3. The molecule has 2 aromatic rings. The van der Waals surface area contributed by atoms with Gasteiger partial charge in [0.2, 0.25) is 5.91 Å². The molecule has 1 saturated carbocycles. The number of anilines is 2. The SMILES string of the molecule is CCC(SC1CCCCC1)C(=O)Nc1ccc(S(=O)(=O)Nc2cc(C)on2)cc1. The van der Waals surface area contributed by atoms with Gasteiger partial charge in [0.1, 0.15) is 5.76 Å². The van der Waals surface area contributed by atoms with Crippen molar-refractivity contribution in [3.05, 3.63) is 36.1 Å². The van der Waals surface area contributed by atoms with Gasteiger partial charge < -0.3 is 9.84 Å². The van der Waals surface area contributed by atoms with Gasteiger partial charge in [0, 0.05) is 17.0 Å². The number of hydrogen-bond donors (Lipinski definition) is 2. The van der Waals surface area contributed by atoms with E-state index in [9.17, 15) is 13.2 Å². The molecule has 1 fully saturated rings. The summed E-state index contributed by atoms with van der Waals surface area (Å²) >= 11 is 1.77. The Hall–Kier alpha value is -2.00. The van der Waals surface area contributed by atoms with Gasteiger partial charge in [-0.25, -0.2) is 8.42 Å². The fourth-order valence-corrected chi connectivity index (χ4v) is 5.76. The number of benzene rings is 1. The summed E-state index contributed by atoms with van der Waals surface area (Å²) in [7, 11) is -3.77. The first-order valence-electron chi connectivity index (χ1n) is 9.90. The molecule has 1 unspecified atom stereocenters. The number of nitrogens with zero attached hydrogens (tertiary/aromatic N) is 1. The Balaban J connectivity index is 1.60. The van der Waals surface area contributed by atoms with Crippen LogP contribution in [0.3, 0.4) is 0 Å². The Morgan fingerprint density at radius 2 is 1.93 bits per heavy atom. The molecule has 1 amide bonds. The smallest absolute Gasteiger partial charge is 0.263 e. The molecular weight excluding hydrogens is 410 g/mol. The first kappa shape index (κ1) is 21.7. The molecule has 1 aliphatic rings. The lowest BCUT2D eigenvalue weighted by atomic mass is 10.0. The van der Waals surface area contributed by atoms with Crippen LogP contribution >= 0.6 is 11.8 Å². The van der Waals surface area contributed by atoms with Crippen LogP contribution in [0.1, 0.15) is 51.2 Å². The highest BCUT2D eigenvalue weighted by Gasteiger charge is 2.24. The Morgan fingerprint density at radius 3 is 2.52 bits per heavy atom. The summed E-state index contributed by atoms with van der Waals surface area (Å²) in [6, 6.07) is 7.61. The number of amides is 1.